The molecule has 0 aromatic heterocycles. The van der Waals surface area contributed by atoms with Gasteiger partial charge in [0.1, 0.15) is 18.3 Å². The minimum absolute atomic E-state index is 0.0596. The van der Waals surface area contributed by atoms with Gasteiger partial charge in [0.25, 0.3) is 0 Å². The summed E-state index contributed by atoms with van der Waals surface area (Å²) in [5.41, 5.74) is 0. The first-order valence-corrected chi connectivity index (χ1v) is 10.6. The van der Waals surface area contributed by atoms with Gasteiger partial charge >= 0.3 is 0 Å². The molecule has 6 atom stereocenters. The smallest absolute Gasteiger partial charge is 0.226 e. The number of aliphatic hydroxyl groups is 4. The number of hydrogen-bond donors (Lipinski definition) is 4. The molecule has 3 heterocycles. The van der Waals surface area contributed by atoms with Crippen molar-refractivity contribution in [3.8, 4) is 0 Å². The Kier molecular flexibility index (Phi) is 6.58. The van der Waals surface area contributed by atoms with Gasteiger partial charge in [-0.1, -0.05) is 34.4 Å². The predicted octanol–water partition coefficient (Wildman–Crippen LogP) is 1.28. The lowest BCUT2D eigenvalue weighted by molar-refractivity contribution is -0.193. The normalized spacial score (nSPS) is 39.3. The third-order valence-electron chi connectivity index (χ3n) is 4.36. The van der Waals surface area contributed by atoms with Crippen LogP contribution in [0.4, 0.5) is 0 Å². The third-order valence-corrected chi connectivity index (χ3v) is 7.37. The molecule has 0 aromatic rings. The van der Waals surface area contributed by atoms with Gasteiger partial charge in [-0.15, -0.1) is 0 Å². The Morgan fingerprint density at radius 1 is 1.12 bits per heavy atom. The molecule has 0 amide bonds. The number of aliphatic hydroxyl groups excluding tert-OH is 4. The lowest BCUT2D eigenvalue weighted by Crippen LogP contribution is -2.44. The van der Waals surface area contributed by atoms with Gasteiger partial charge in [-0.3, -0.25) is 0 Å². The number of epoxide rings is 1. The fourth-order valence-corrected chi connectivity index (χ4v) is 5.89. The van der Waals surface area contributed by atoms with Crippen LogP contribution in [-0.2, 0) is 14.2 Å². The van der Waals surface area contributed by atoms with Crippen LogP contribution < -0.4 is 0 Å². The molecule has 2 fully saturated rings. The number of hydrogen-bond acceptors (Lipinski definition) is 9. The summed E-state index contributed by atoms with van der Waals surface area (Å²) >= 11 is 0. The van der Waals surface area contributed by atoms with Gasteiger partial charge in [0, 0.05) is 11.0 Å². The molecule has 0 aliphatic carbocycles. The van der Waals surface area contributed by atoms with Crippen molar-refractivity contribution < 1.29 is 34.6 Å². The van der Waals surface area contributed by atoms with Crippen molar-refractivity contribution in [3.63, 3.8) is 0 Å². The van der Waals surface area contributed by atoms with Crippen molar-refractivity contribution in [2.75, 3.05) is 12.4 Å². The molecule has 2 saturated heterocycles. The zero-order valence-electron chi connectivity index (χ0n) is 13.2. The van der Waals surface area contributed by atoms with Crippen LogP contribution >= 0.6 is 21.6 Å². The summed E-state index contributed by atoms with van der Waals surface area (Å²) in [5.74, 6) is 0.499. The Morgan fingerprint density at radius 2 is 1.92 bits per heavy atom. The summed E-state index contributed by atoms with van der Waals surface area (Å²) in [6.45, 7) is -0.495. The van der Waals surface area contributed by atoms with E-state index in [2.05, 4.69) is 0 Å². The van der Waals surface area contributed by atoms with Crippen LogP contribution in [0.2, 0.25) is 0 Å². The van der Waals surface area contributed by atoms with E-state index in [-0.39, 0.29) is 11.9 Å². The van der Waals surface area contributed by atoms with Crippen LogP contribution in [0.1, 0.15) is 32.1 Å². The average molecular weight is 380 g/mol. The first-order chi connectivity index (χ1) is 11.6. The zero-order chi connectivity index (χ0) is 17.1. The number of rotatable bonds is 8. The van der Waals surface area contributed by atoms with Crippen LogP contribution in [0.15, 0.2) is 11.5 Å². The molecule has 0 aromatic carbocycles. The quantitative estimate of drug-likeness (QED) is 0.281. The summed E-state index contributed by atoms with van der Waals surface area (Å²) in [5, 5.41) is 39.3. The van der Waals surface area contributed by atoms with Gasteiger partial charge in [0.15, 0.2) is 11.5 Å². The highest BCUT2D eigenvalue weighted by molar-refractivity contribution is 8.77. The maximum absolute atomic E-state index is 10.0. The molecule has 0 saturated carbocycles. The van der Waals surface area contributed by atoms with E-state index in [4.69, 9.17) is 19.3 Å². The minimum Gasteiger partial charge on any atom is -0.505 e. The lowest BCUT2D eigenvalue weighted by Gasteiger charge is -2.31. The molecular weight excluding hydrogens is 356 g/mol. The summed E-state index contributed by atoms with van der Waals surface area (Å²) < 4.78 is 15.8. The van der Waals surface area contributed by atoms with E-state index in [0.717, 1.165) is 24.5 Å². The van der Waals surface area contributed by atoms with Crippen LogP contribution in [0, 0.1) is 0 Å². The summed E-state index contributed by atoms with van der Waals surface area (Å²) in [6.07, 6.45) is 1.01. The van der Waals surface area contributed by atoms with Crippen molar-refractivity contribution in [2.24, 2.45) is 0 Å². The summed E-state index contributed by atoms with van der Waals surface area (Å²) in [4.78, 5) is 0. The largest absolute Gasteiger partial charge is 0.505 e. The van der Waals surface area contributed by atoms with Gasteiger partial charge < -0.3 is 34.6 Å². The van der Waals surface area contributed by atoms with Crippen molar-refractivity contribution in [2.45, 2.75) is 68.2 Å². The Balaban J connectivity index is 1.39. The Hall–Kier alpha value is -0.160. The second-order valence-electron chi connectivity index (χ2n) is 6.18. The molecule has 3 rings (SSSR count). The molecule has 9 heteroatoms. The fraction of sp³-hybridized carbons (Fsp3) is 0.867. The van der Waals surface area contributed by atoms with Gasteiger partial charge in [-0.2, -0.15) is 0 Å². The second kappa shape index (κ2) is 8.48. The van der Waals surface area contributed by atoms with Crippen molar-refractivity contribution in [1.82, 2.24) is 0 Å². The Bertz CT molecular complexity index is 455. The topological polar surface area (TPSA) is 112 Å². The van der Waals surface area contributed by atoms with E-state index in [1.807, 2.05) is 21.6 Å². The number of unbranched alkanes of at least 4 members (excludes halogenated alkanes) is 1. The SMILES string of the molecule is OCC1OC(O)C(O)=C(OC2OC2CCCCC2CCSS2)C1O. The van der Waals surface area contributed by atoms with Crippen LogP contribution in [0.25, 0.3) is 0 Å². The maximum Gasteiger partial charge on any atom is 0.226 e. The molecule has 6 unspecified atom stereocenters. The summed E-state index contributed by atoms with van der Waals surface area (Å²) in [7, 11) is 3.94. The number of ether oxygens (including phenoxy) is 3. The van der Waals surface area contributed by atoms with Gasteiger partial charge in [0.05, 0.1) is 6.61 Å². The average Bonchev–Trinajstić information content (AvgIpc) is 3.09. The van der Waals surface area contributed by atoms with Crippen molar-refractivity contribution >= 4 is 21.6 Å². The monoisotopic (exact) mass is 380 g/mol. The lowest BCUT2D eigenvalue weighted by atomic mass is 10.1. The molecule has 7 nitrogen and oxygen atoms in total. The predicted molar refractivity (Wildman–Crippen MR) is 90.3 cm³/mol. The van der Waals surface area contributed by atoms with Gasteiger partial charge in [0.2, 0.25) is 12.6 Å². The second-order valence-corrected chi connectivity index (χ2v) is 8.97. The summed E-state index contributed by atoms with van der Waals surface area (Å²) in [6, 6.07) is 0. The van der Waals surface area contributed by atoms with Crippen LogP contribution in [-0.4, -0.2) is 68.9 Å². The van der Waals surface area contributed by atoms with Crippen LogP contribution in [0.5, 0.6) is 0 Å². The molecule has 0 radical (unpaired) electrons. The Morgan fingerprint density at radius 3 is 2.62 bits per heavy atom. The molecule has 0 spiro atoms. The van der Waals surface area contributed by atoms with Gasteiger partial charge in [-0.25, -0.2) is 0 Å². The van der Waals surface area contributed by atoms with Gasteiger partial charge in [-0.05, 0) is 19.3 Å². The van der Waals surface area contributed by atoms with Crippen molar-refractivity contribution in [1.29, 1.82) is 0 Å². The standard InChI is InChI=1S/C15H24O7S2/c16-7-10-11(17)13(12(18)14(19)20-10)22-15-9(21-15)4-2-1-3-8-5-6-23-24-8/h8-11,14-19H,1-7H2. The van der Waals surface area contributed by atoms with E-state index in [1.54, 1.807) is 0 Å². The minimum atomic E-state index is -1.61. The van der Waals surface area contributed by atoms with Crippen LogP contribution in [0.3, 0.4) is 0 Å². The molecular formula is C15H24O7S2. The van der Waals surface area contributed by atoms with E-state index in [0.29, 0.717) is 0 Å². The highest BCUT2D eigenvalue weighted by Gasteiger charge is 2.45. The first kappa shape index (κ1) is 18.6. The van der Waals surface area contributed by atoms with E-state index in [9.17, 15) is 15.3 Å². The van der Waals surface area contributed by atoms with E-state index in [1.165, 1.54) is 18.6 Å². The van der Waals surface area contributed by atoms with E-state index >= 15 is 0 Å². The highest BCUT2D eigenvalue weighted by atomic mass is 33.1. The molecule has 0 bridgehead atoms. The molecule has 24 heavy (non-hydrogen) atoms. The zero-order valence-corrected chi connectivity index (χ0v) is 14.9. The highest BCUT2D eigenvalue weighted by Crippen LogP contribution is 2.40. The molecule has 4 N–H and O–H groups in total. The first-order valence-electron chi connectivity index (χ1n) is 8.26. The molecule has 3 aliphatic heterocycles. The third kappa shape index (κ3) is 4.51. The van der Waals surface area contributed by atoms with Crippen molar-refractivity contribution in [3.05, 3.63) is 11.5 Å². The van der Waals surface area contributed by atoms with E-state index < -0.39 is 37.2 Å². The fourth-order valence-electron chi connectivity index (χ4n) is 2.86. The Labute approximate surface area is 148 Å². The molecule has 3 aliphatic rings. The molecule has 138 valence electrons. The maximum atomic E-state index is 10.0.